The number of H-pyrrole nitrogens is 1. The van der Waals surface area contributed by atoms with E-state index in [4.69, 9.17) is 0 Å². The lowest BCUT2D eigenvalue weighted by Crippen LogP contribution is -2.32. The van der Waals surface area contributed by atoms with Crippen molar-refractivity contribution in [2.75, 3.05) is 12.8 Å². The highest BCUT2D eigenvalue weighted by Gasteiger charge is 2.22. The Hall–Kier alpha value is -2.61. The van der Waals surface area contributed by atoms with Crippen molar-refractivity contribution < 1.29 is 9.59 Å². The van der Waals surface area contributed by atoms with Crippen LogP contribution in [-0.4, -0.2) is 44.2 Å². The zero-order chi connectivity index (χ0) is 21.0. The molecule has 8 heteroatoms. The van der Waals surface area contributed by atoms with Crippen molar-refractivity contribution in [3.8, 4) is 0 Å². The van der Waals surface area contributed by atoms with Crippen LogP contribution >= 0.6 is 11.8 Å². The van der Waals surface area contributed by atoms with Gasteiger partial charge in [0.2, 0.25) is 0 Å². The van der Waals surface area contributed by atoms with E-state index in [2.05, 4.69) is 38.9 Å². The number of aromatic nitrogens is 4. The summed E-state index contributed by atoms with van der Waals surface area (Å²) in [5.74, 6) is 0.322. The van der Waals surface area contributed by atoms with Crippen molar-refractivity contribution in [2.45, 2.75) is 45.3 Å². The molecule has 0 saturated carbocycles. The minimum atomic E-state index is -0.577. The summed E-state index contributed by atoms with van der Waals surface area (Å²) in [6, 6.07) is 7.50. The van der Waals surface area contributed by atoms with Crippen LogP contribution in [0.15, 0.2) is 29.4 Å². The summed E-state index contributed by atoms with van der Waals surface area (Å²) in [7, 11) is 0. The SMILES string of the molecule is CSc1nnc(CCCNC(=O)C(=O)c2c(C)[nH]c3ccccc23)n1CC(C)C. The van der Waals surface area contributed by atoms with E-state index in [0.717, 1.165) is 28.4 Å². The molecule has 7 nitrogen and oxygen atoms in total. The van der Waals surface area contributed by atoms with Crippen LogP contribution in [0.25, 0.3) is 10.9 Å². The Bertz CT molecular complexity index is 1020. The van der Waals surface area contributed by atoms with Gasteiger partial charge in [0.25, 0.3) is 11.7 Å². The summed E-state index contributed by atoms with van der Waals surface area (Å²) >= 11 is 1.58. The number of Topliss-reactive ketones (excluding diaryl/α,β-unsaturated/α-hetero) is 1. The van der Waals surface area contributed by atoms with Gasteiger partial charge in [-0.05, 0) is 31.6 Å². The van der Waals surface area contributed by atoms with Crippen molar-refractivity contribution in [1.82, 2.24) is 25.1 Å². The average molecular weight is 414 g/mol. The number of thioether (sulfide) groups is 1. The Morgan fingerprint density at radius 2 is 2.00 bits per heavy atom. The molecule has 1 aromatic carbocycles. The van der Waals surface area contributed by atoms with E-state index in [1.165, 1.54) is 0 Å². The summed E-state index contributed by atoms with van der Waals surface area (Å²) in [5, 5.41) is 12.9. The van der Waals surface area contributed by atoms with Gasteiger partial charge in [-0.2, -0.15) is 0 Å². The Balaban J connectivity index is 1.58. The monoisotopic (exact) mass is 413 g/mol. The lowest BCUT2D eigenvalue weighted by atomic mass is 10.1. The number of carbonyl (C=O) groups is 2. The number of aromatic amines is 1. The molecule has 0 fully saturated rings. The molecule has 0 aliphatic carbocycles. The molecule has 0 unspecified atom stereocenters. The van der Waals surface area contributed by atoms with Gasteiger partial charge in [-0.3, -0.25) is 9.59 Å². The Morgan fingerprint density at radius 3 is 2.72 bits per heavy atom. The molecule has 2 heterocycles. The lowest BCUT2D eigenvalue weighted by Gasteiger charge is -2.11. The fraction of sp³-hybridized carbons (Fsp3) is 0.429. The van der Waals surface area contributed by atoms with Crippen LogP contribution in [0.4, 0.5) is 0 Å². The highest BCUT2D eigenvalue weighted by atomic mass is 32.2. The van der Waals surface area contributed by atoms with Crippen molar-refractivity contribution in [2.24, 2.45) is 5.92 Å². The van der Waals surface area contributed by atoms with Crippen LogP contribution in [0.1, 0.15) is 42.1 Å². The number of nitrogens with one attached hydrogen (secondary N) is 2. The third-order valence-corrected chi connectivity index (χ3v) is 5.38. The van der Waals surface area contributed by atoms with Crippen molar-refractivity contribution in [3.63, 3.8) is 0 Å². The largest absolute Gasteiger partial charge is 0.358 e. The van der Waals surface area contributed by atoms with E-state index in [-0.39, 0.29) is 0 Å². The van der Waals surface area contributed by atoms with E-state index in [9.17, 15) is 9.59 Å². The van der Waals surface area contributed by atoms with Crippen LogP contribution in [0.5, 0.6) is 0 Å². The number of carbonyl (C=O) groups excluding carboxylic acids is 2. The van der Waals surface area contributed by atoms with E-state index in [0.29, 0.717) is 36.6 Å². The number of hydrogen-bond donors (Lipinski definition) is 2. The Morgan fingerprint density at radius 1 is 1.24 bits per heavy atom. The summed E-state index contributed by atoms with van der Waals surface area (Å²) in [6.45, 7) is 7.41. The zero-order valence-electron chi connectivity index (χ0n) is 17.3. The normalized spacial score (nSPS) is 11.3. The number of fused-ring (bicyclic) bond motifs is 1. The quantitative estimate of drug-likeness (QED) is 0.243. The predicted molar refractivity (Wildman–Crippen MR) is 115 cm³/mol. The highest BCUT2D eigenvalue weighted by Crippen LogP contribution is 2.22. The van der Waals surface area contributed by atoms with Gasteiger partial charge in [-0.25, -0.2) is 0 Å². The van der Waals surface area contributed by atoms with Gasteiger partial charge in [0.1, 0.15) is 5.82 Å². The number of ketones is 1. The van der Waals surface area contributed by atoms with Gasteiger partial charge in [-0.1, -0.05) is 43.8 Å². The highest BCUT2D eigenvalue weighted by molar-refractivity contribution is 7.98. The maximum atomic E-state index is 12.7. The topological polar surface area (TPSA) is 92.7 Å². The molecular weight excluding hydrogens is 386 g/mol. The Labute approximate surface area is 174 Å². The molecule has 3 rings (SSSR count). The molecule has 154 valence electrons. The third-order valence-electron chi connectivity index (χ3n) is 4.71. The zero-order valence-corrected chi connectivity index (χ0v) is 18.1. The molecule has 2 aromatic heterocycles. The first-order chi connectivity index (χ1) is 13.9. The van der Waals surface area contributed by atoms with Crippen molar-refractivity contribution in [3.05, 3.63) is 41.3 Å². The predicted octanol–water partition coefficient (Wildman–Crippen LogP) is 3.38. The second-order valence-electron chi connectivity index (χ2n) is 7.47. The average Bonchev–Trinajstić information content (AvgIpc) is 3.23. The number of hydrogen-bond acceptors (Lipinski definition) is 5. The fourth-order valence-corrected chi connectivity index (χ4v) is 3.94. The fourth-order valence-electron chi connectivity index (χ4n) is 3.41. The van der Waals surface area contributed by atoms with Crippen LogP contribution in [-0.2, 0) is 17.8 Å². The van der Waals surface area contributed by atoms with Gasteiger partial charge >= 0.3 is 0 Å². The summed E-state index contributed by atoms with van der Waals surface area (Å²) < 4.78 is 2.14. The number of rotatable bonds is 9. The standard InChI is InChI=1S/C21H27N5O2S/c1-13(2)12-26-17(24-25-21(26)29-4)10-7-11-22-20(28)19(27)18-14(3)23-16-9-6-5-8-15(16)18/h5-6,8-9,13,23H,7,10-12H2,1-4H3,(H,22,28). The molecule has 0 bridgehead atoms. The number of benzene rings is 1. The second kappa shape index (κ2) is 9.26. The van der Waals surface area contributed by atoms with E-state index in [1.54, 1.807) is 11.8 Å². The molecule has 1 amide bonds. The lowest BCUT2D eigenvalue weighted by molar-refractivity contribution is -0.117. The van der Waals surface area contributed by atoms with Gasteiger partial charge in [-0.15, -0.1) is 10.2 Å². The molecular formula is C21H27N5O2S. The van der Waals surface area contributed by atoms with Crippen LogP contribution in [0, 0.1) is 12.8 Å². The second-order valence-corrected chi connectivity index (χ2v) is 8.24. The van der Waals surface area contributed by atoms with E-state index < -0.39 is 11.7 Å². The molecule has 0 radical (unpaired) electrons. The third kappa shape index (κ3) is 4.70. The first-order valence-electron chi connectivity index (χ1n) is 9.78. The van der Waals surface area contributed by atoms with Gasteiger partial charge in [0, 0.05) is 36.1 Å². The van der Waals surface area contributed by atoms with Gasteiger partial charge in [0.05, 0.1) is 5.56 Å². The minimum Gasteiger partial charge on any atom is -0.358 e. The number of aryl methyl sites for hydroxylation is 2. The molecule has 0 aliphatic heterocycles. The van der Waals surface area contributed by atoms with E-state index >= 15 is 0 Å². The summed E-state index contributed by atoms with van der Waals surface area (Å²) in [6.07, 6.45) is 3.38. The van der Waals surface area contributed by atoms with E-state index in [1.807, 2.05) is 37.4 Å². The molecule has 2 N–H and O–H groups in total. The molecule has 0 atom stereocenters. The first kappa shape index (κ1) is 21.1. The first-order valence-corrected chi connectivity index (χ1v) is 11.0. The number of amides is 1. The summed E-state index contributed by atoms with van der Waals surface area (Å²) in [5.41, 5.74) is 2.01. The summed E-state index contributed by atoms with van der Waals surface area (Å²) in [4.78, 5) is 28.2. The minimum absolute atomic E-state index is 0.412. The molecule has 3 aromatic rings. The maximum absolute atomic E-state index is 12.7. The Kier molecular flexibility index (Phi) is 6.74. The van der Waals surface area contributed by atoms with Crippen LogP contribution < -0.4 is 5.32 Å². The molecule has 0 spiro atoms. The van der Waals surface area contributed by atoms with Crippen molar-refractivity contribution >= 4 is 34.4 Å². The van der Waals surface area contributed by atoms with Gasteiger partial charge < -0.3 is 14.9 Å². The van der Waals surface area contributed by atoms with Crippen LogP contribution in [0.3, 0.4) is 0 Å². The molecule has 29 heavy (non-hydrogen) atoms. The number of nitrogens with zero attached hydrogens (tertiary/aromatic N) is 3. The molecule has 0 aliphatic rings. The van der Waals surface area contributed by atoms with Gasteiger partial charge in [0.15, 0.2) is 5.16 Å². The number of para-hydroxylation sites is 1. The van der Waals surface area contributed by atoms with Crippen LogP contribution in [0.2, 0.25) is 0 Å². The maximum Gasteiger partial charge on any atom is 0.292 e. The molecule has 0 saturated heterocycles. The smallest absolute Gasteiger partial charge is 0.292 e. The van der Waals surface area contributed by atoms with Crippen molar-refractivity contribution in [1.29, 1.82) is 0 Å².